The van der Waals surface area contributed by atoms with Crippen LogP contribution >= 0.6 is 11.6 Å². The topological polar surface area (TPSA) is 98.0 Å². The second kappa shape index (κ2) is 8.17. The highest BCUT2D eigenvalue weighted by Crippen LogP contribution is 2.28. The molecule has 3 aromatic rings. The number of carbonyl (C=O) groups is 1. The van der Waals surface area contributed by atoms with E-state index in [1.807, 2.05) is 0 Å². The van der Waals surface area contributed by atoms with Crippen molar-refractivity contribution in [3.05, 3.63) is 75.3 Å². The van der Waals surface area contributed by atoms with Crippen molar-refractivity contribution in [2.75, 3.05) is 13.1 Å². The van der Waals surface area contributed by atoms with Crippen LogP contribution in [0.2, 0.25) is 5.02 Å². The van der Waals surface area contributed by atoms with Gasteiger partial charge in [0.1, 0.15) is 17.1 Å². The molecule has 1 aliphatic rings. The molecule has 0 atom stereocenters. The number of pyridine rings is 1. The minimum absolute atomic E-state index is 0.0441. The van der Waals surface area contributed by atoms with Crippen LogP contribution in [0.3, 0.4) is 0 Å². The van der Waals surface area contributed by atoms with Crippen LogP contribution in [0.4, 0.5) is 0 Å². The van der Waals surface area contributed by atoms with E-state index in [0.29, 0.717) is 24.4 Å². The number of benzene rings is 1. The SMILES string of the molecule is O=C(OCc1cc(=O)n2ccccc2n1)c1ccc(Cl)c(S(=O)(=O)N2CCCC2)c1. The van der Waals surface area contributed by atoms with Gasteiger partial charge in [-0.2, -0.15) is 4.31 Å². The Labute approximate surface area is 177 Å². The van der Waals surface area contributed by atoms with Gasteiger partial charge in [0.2, 0.25) is 10.0 Å². The van der Waals surface area contributed by atoms with Crippen molar-refractivity contribution >= 4 is 33.2 Å². The summed E-state index contributed by atoms with van der Waals surface area (Å²) in [5.41, 5.74) is 0.478. The smallest absolute Gasteiger partial charge is 0.338 e. The van der Waals surface area contributed by atoms with Crippen LogP contribution in [0, 0.1) is 0 Å². The first kappa shape index (κ1) is 20.5. The predicted octanol–water partition coefficient (Wildman–Crippen LogP) is 2.49. The summed E-state index contributed by atoms with van der Waals surface area (Å²) in [6.45, 7) is 0.628. The summed E-state index contributed by atoms with van der Waals surface area (Å²) in [6.07, 6.45) is 3.17. The van der Waals surface area contributed by atoms with Crippen molar-refractivity contribution in [1.82, 2.24) is 13.7 Å². The minimum atomic E-state index is -3.79. The number of aromatic nitrogens is 2. The number of esters is 1. The molecule has 3 heterocycles. The van der Waals surface area contributed by atoms with E-state index in [1.165, 1.54) is 33.0 Å². The molecule has 0 radical (unpaired) electrons. The fraction of sp³-hybridized carbons (Fsp3) is 0.250. The van der Waals surface area contributed by atoms with Crippen LogP contribution in [-0.2, 0) is 21.4 Å². The molecule has 8 nitrogen and oxygen atoms in total. The fourth-order valence-electron chi connectivity index (χ4n) is 3.30. The van der Waals surface area contributed by atoms with Crippen LogP contribution in [-0.4, -0.2) is 41.2 Å². The van der Waals surface area contributed by atoms with E-state index in [4.69, 9.17) is 16.3 Å². The number of halogens is 1. The summed E-state index contributed by atoms with van der Waals surface area (Å²) >= 11 is 6.10. The monoisotopic (exact) mass is 447 g/mol. The molecule has 0 amide bonds. The number of hydrogen-bond donors (Lipinski definition) is 0. The Morgan fingerprint density at radius 3 is 2.67 bits per heavy atom. The van der Waals surface area contributed by atoms with Crippen molar-refractivity contribution in [3.8, 4) is 0 Å². The van der Waals surface area contributed by atoms with Crippen LogP contribution in [0.15, 0.2) is 58.4 Å². The first-order valence-electron chi connectivity index (χ1n) is 9.30. The fourth-order valence-corrected chi connectivity index (χ4v) is 5.31. The third-order valence-corrected chi connectivity index (χ3v) is 7.21. The van der Waals surface area contributed by atoms with Crippen LogP contribution in [0.25, 0.3) is 5.65 Å². The average molecular weight is 448 g/mol. The molecular formula is C20H18ClN3O5S. The van der Waals surface area contributed by atoms with Gasteiger partial charge in [0, 0.05) is 25.4 Å². The Bertz CT molecular complexity index is 1280. The largest absolute Gasteiger partial charge is 0.456 e. The lowest BCUT2D eigenvalue weighted by molar-refractivity contribution is 0.0467. The highest BCUT2D eigenvalue weighted by molar-refractivity contribution is 7.89. The zero-order valence-corrected chi connectivity index (χ0v) is 17.4. The lowest BCUT2D eigenvalue weighted by Gasteiger charge is -2.17. The van der Waals surface area contributed by atoms with Gasteiger partial charge in [-0.15, -0.1) is 0 Å². The van der Waals surface area contributed by atoms with Crippen LogP contribution in [0.5, 0.6) is 0 Å². The van der Waals surface area contributed by atoms with Crippen molar-refractivity contribution < 1.29 is 17.9 Å². The molecule has 0 spiro atoms. The Morgan fingerprint density at radius 2 is 1.90 bits per heavy atom. The first-order valence-corrected chi connectivity index (χ1v) is 11.1. The molecule has 10 heteroatoms. The number of nitrogens with zero attached hydrogens (tertiary/aromatic N) is 3. The maximum atomic E-state index is 12.8. The highest BCUT2D eigenvalue weighted by atomic mass is 35.5. The molecule has 1 saturated heterocycles. The summed E-state index contributed by atoms with van der Waals surface area (Å²) in [7, 11) is -3.79. The van der Waals surface area contributed by atoms with Gasteiger partial charge in [-0.25, -0.2) is 18.2 Å². The summed E-state index contributed by atoms with van der Waals surface area (Å²) in [6, 6.07) is 10.4. The zero-order valence-electron chi connectivity index (χ0n) is 15.8. The van der Waals surface area contributed by atoms with Crippen LogP contribution < -0.4 is 5.56 Å². The summed E-state index contributed by atoms with van der Waals surface area (Å²) in [5, 5.41) is 0.0441. The average Bonchev–Trinajstić information content (AvgIpc) is 3.28. The van der Waals surface area contributed by atoms with Crippen molar-refractivity contribution in [2.45, 2.75) is 24.3 Å². The zero-order chi connectivity index (χ0) is 21.3. The van der Waals surface area contributed by atoms with Gasteiger partial charge in [-0.1, -0.05) is 17.7 Å². The third kappa shape index (κ3) is 3.96. The first-order chi connectivity index (χ1) is 14.4. The summed E-state index contributed by atoms with van der Waals surface area (Å²) < 4.78 is 33.6. The summed E-state index contributed by atoms with van der Waals surface area (Å²) in [5.74, 6) is -0.736. The quantitative estimate of drug-likeness (QED) is 0.557. The van der Waals surface area contributed by atoms with Crippen molar-refractivity contribution in [3.63, 3.8) is 0 Å². The molecule has 0 aliphatic carbocycles. The molecule has 1 aliphatic heterocycles. The Balaban J connectivity index is 1.55. The lowest BCUT2D eigenvalue weighted by Crippen LogP contribution is -2.28. The van der Waals surface area contributed by atoms with E-state index in [9.17, 15) is 18.0 Å². The van der Waals surface area contributed by atoms with Gasteiger partial charge in [-0.05, 0) is 43.2 Å². The van der Waals surface area contributed by atoms with E-state index in [1.54, 1.807) is 24.4 Å². The van der Waals surface area contributed by atoms with E-state index in [0.717, 1.165) is 12.8 Å². The highest BCUT2D eigenvalue weighted by Gasteiger charge is 2.30. The summed E-state index contributed by atoms with van der Waals surface area (Å²) in [4.78, 5) is 28.8. The molecule has 30 heavy (non-hydrogen) atoms. The number of sulfonamides is 1. The molecule has 0 N–H and O–H groups in total. The number of ether oxygens (including phenoxy) is 1. The van der Waals surface area contributed by atoms with Gasteiger partial charge < -0.3 is 4.74 Å². The minimum Gasteiger partial charge on any atom is -0.456 e. The van der Waals surface area contributed by atoms with Gasteiger partial charge in [0.25, 0.3) is 5.56 Å². The Kier molecular flexibility index (Phi) is 5.59. The predicted molar refractivity (Wildman–Crippen MR) is 110 cm³/mol. The maximum absolute atomic E-state index is 12.8. The normalized spacial score (nSPS) is 14.8. The van der Waals surface area contributed by atoms with E-state index >= 15 is 0 Å². The molecule has 0 unspecified atom stereocenters. The van der Waals surface area contributed by atoms with E-state index in [2.05, 4.69) is 4.98 Å². The van der Waals surface area contributed by atoms with Crippen molar-refractivity contribution in [1.29, 1.82) is 0 Å². The number of carbonyl (C=O) groups excluding carboxylic acids is 1. The van der Waals surface area contributed by atoms with Crippen LogP contribution in [0.1, 0.15) is 28.9 Å². The third-order valence-electron chi connectivity index (χ3n) is 4.82. The second-order valence-electron chi connectivity index (χ2n) is 6.85. The molecule has 0 bridgehead atoms. The standard InChI is InChI=1S/C20H18ClN3O5S/c21-16-7-6-14(11-17(16)30(27,28)23-8-3-4-9-23)20(26)29-13-15-12-19(25)24-10-2-1-5-18(24)22-15/h1-2,5-7,10-12H,3-4,8-9,13H2. The van der Waals surface area contributed by atoms with E-state index in [-0.39, 0.29) is 27.6 Å². The molecule has 4 rings (SSSR count). The molecule has 156 valence electrons. The number of hydrogen-bond acceptors (Lipinski definition) is 6. The van der Waals surface area contributed by atoms with Gasteiger partial charge in [-0.3, -0.25) is 9.20 Å². The second-order valence-corrected chi connectivity index (χ2v) is 9.16. The molecule has 1 fully saturated rings. The Hall–Kier alpha value is -2.75. The number of fused-ring (bicyclic) bond motifs is 1. The van der Waals surface area contributed by atoms with Gasteiger partial charge in [0.05, 0.1) is 16.3 Å². The van der Waals surface area contributed by atoms with Gasteiger partial charge >= 0.3 is 5.97 Å². The molecule has 0 saturated carbocycles. The lowest BCUT2D eigenvalue weighted by atomic mass is 10.2. The van der Waals surface area contributed by atoms with E-state index < -0.39 is 16.0 Å². The maximum Gasteiger partial charge on any atom is 0.338 e. The number of rotatable bonds is 5. The van der Waals surface area contributed by atoms with Gasteiger partial charge in [0.15, 0.2) is 0 Å². The van der Waals surface area contributed by atoms with Crippen molar-refractivity contribution in [2.24, 2.45) is 0 Å². The molecule has 2 aromatic heterocycles. The Morgan fingerprint density at radius 1 is 1.13 bits per heavy atom. The molecular weight excluding hydrogens is 430 g/mol. The molecule has 1 aromatic carbocycles.